The highest BCUT2D eigenvalue weighted by Crippen LogP contribution is 2.25. The third-order valence-corrected chi connectivity index (χ3v) is 2.96. The molecular formula is C13H20N2. The number of hydrogen-bond acceptors (Lipinski definition) is 2. The number of benzene rings is 1. The molecule has 0 aromatic heterocycles. The average Bonchev–Trinajstić information content (AvgIpc) is 2.41. The molecule has 0 radical (unpaired) electrons. The molecule has 1 heterocycles. The first kappa shape index (κ1) is 10.5. The van der Waals surface area contributed by atoms with Gasteiger partial charge in [-0.25, -0.2) is 0 Å². The van der Waals surface area contributed by atoms with E-state index in [-0.39, 0.29) is 6.04 Å². The first-order valence-electron chi connectivity index (χ1n) is 5.86. The lowest BCUT2D eigenvalue weighted by atomic mass is 10.1. The summed E-state index contributed by atoms with van der Waals surface area (Å²) in [4.78, 5) is 2.44. The van der Waals surface area contributed by atoms with Crippen LogP contribution in [0.2, 0.25) is 0 Å². The molecule has 1 unspecified atom stereocenters. The maximum absolute atomic E-state index is 5.89. The van der Waals surface area contributed by atoms with Crippen LogP contribution in [-0.2, 0) is 6.42 Å². The number of hydrogen-bond donors (Lipinski definition) is 1. The molecule has 82 valence electrons. The van der Waals surface area contributed by atoms with Gasteiger partial charge in [-0.15, -0.1) is 0 Å². The molecule has 1 aromatic carbocycles. The summed E-state index contributed by atoms with van der Waals surface area (Å²) in [6.07, 6.45) is 3.79. The molecule has 1 aromatic rings. The molecule has 0 aliphatic carbocycles. The van der Waals surface area contributed by atoms with Gasteiger partial charge >= 0.3 is 0 Å². The van der Waals surface area contributed by atoms with Crippen LogP contribution in [-0.4, -0.2) is 19.1 Å². The van der Waals surface area contributed by atoms with Crippen molar-refractivity contribution in [3.8, 4) is 0 Å². The Bertz CT molecular complexity index is 320. The van der Waals surface area contributed by atoms with E-state index in [4.69, 9.17) is 5.73 Å². The van der Waals surface area contributed by atoms with Crippen LogP contribution < -0.4 is 10.6 Å². The van der Waals surface area contributed by atoms with E-state index in [0.29, 0.717) is 0 Å². The predicted octanol–water partition coefficient (Wildman–Crippen LogP) is 2.18. The van der Waals surface area contributed by atoms with Gasteiger partial charge in [-0.05, 0) is 37.8 Å². The lowest BCUT2D eigenvalue weighted by Crippen LogP contribution is -2.36. The van der Waals surface area contributed by atoms with Crippen molar-refractivity contribution >= 4 is 5.69 Å². The van der Waals surface area contributed by atoms with Crippen molar-refractivity contribution in [1.82, 2.24) is 0 Å². The van der Waals surface area contributed by atoms with Gasteiger partial charge in [-0.1, -0.05) is 18.2 Å². The molecule has 0 amide bonds. The van der Waals surface area contributed by atoms with Crippen LogP contribution in [0.15, 0.2) is 24.3 Å². The zero-order chi connectivity index (χ0) is 10.7. The summed E-state index contributed by atoms with van der Waals surface area (Å²) in [5, 5.41) is 0. The Hall–Kier alpha value is -1.02. The third kappa shape index (κ3) is 2.51. The fourth-order valence-corrected chi connectivity index (χ4v) is 2.31. The van der Waals surface area contributed by atoms with E-state index in [9.17, 15) is 0 Å². The molecule has 15 heavy (non-hydrogen) atoms. The summed E-state index contributed by atoms with van der Waals surface area (Å²) in [5.41, 5.74) is 8.77. The number of anilines is 1. The highest BCUT2D eigenvalue weighted by atomic mass is 15.1. The van der Waals surface area contributed by atoms with Crippen molar-refractivity contribution in [2.45, 2.75) is 32.2 Å². The summed E-state index contributed by atoms with van der Waals surface area (Å²) in [5.74, 6) is 0. The van der Waals surface area contributed by atoms with Crippen LogP contribution in [0.4, 0.5) is 5.69 Å². The van der Waals surface area contributed by atoms with E-state index in [0.717, 1.165) is 13.1 Å². The summed E-state index contributed by atoms with van der Waals surface area (Å²) in [6.45, 7) is 4.20. The first-order chi connectivity index (χ1) is 7.27. The summed E-state index contributed by atoms with van der Waals surface area (Å²) in [7, 11) is 0. The van der Waals surface area contributed by atoms with E-state index < -0.39 is 0 Å². The maximum atomic E-state index is 5.89. The molecule has 0 bridgehead atoms. The lowest BCUT2D eigenvalue weighted by molar-refractivity contribution is 0.655. The number of aryl methyl sites for hydroxylation is 1. The van der Waals surface area contributed by atoms with Crippen LogP contribution in [0.3, 0.4) is 0 Å². The van der Waals surface area contributed by atoms with Gasteiger partial charge in [0, 0.05) is 24.8 Å². The first-order valence-corrected chi connectivity index (χ1v) is 5.86. The van der Waals surface area contributed by atoms with E-state index in [2.05, 4.69) is 36.1 Å². The fraction of sp³-hybridized carbons (Fsp3) is 0.538. The number of para-hydroxylation sites is 1. The zero-order valence-corrected chi connectivity index (χ0v) is 9.45. The molecule has 1 aliphatic heterocycles. The van der Waals surface area contributed by atoms with Gasteiger partial charge in [0.2, 0.25) is 0 Å². The van der Waals surface area contributed by atoms with Gasteiger partial charge in [0.15, 0.2) is 0 Å². The van der Waals surface area contributed by atoms with Crippen LogP contribution in [0, 0.1) is 0 Å². The van der Waals surface area contributed by atoms with Crippen LogP contribution in [0.5, 0.6) is 0 Å². The van der Waals surface area contributed by atoms with Crippen molar-refractivity contribution in [1.29, 1.82) is 0 Å². The second kappa shape index (κ2) is 4.67. The quantitative estimate of drug-likeness (QED) is 0.800. The molecule has 0 saturated heterocycles. The lowest BCUT2D eigenvalue weighted by Gasteiger charge is -2.26. The van der Waals surface area contributed by atoms with Crippen molar-refractivity contribution in [3.05, 3.63) is 29.8 Å². The summed E-state index contributed by atoms with van der Waals surface area (Å²) < 4.78 is 0. The smallest absolute Gasteiger partial charge is 0.0399 e. The van der Waals surface area contributed by atoms with Gasteiger partial charge in [0.05, 0.1) is 0 Å². The number of nitrogens with zero attached hydrogens (tertiary/aromatic N) is 1. The van der Waals surface area contributed by atoms with Crippen LogP contribution in [0.1, 0.15) is 25.3 Å². The molecule has 0 saturated carbocycles. The Labute approximate surface area is 92.1 Å². The summed E-state index contributed by atoms with van der Waals surface area (Å²) >= 11 is 0. The monoisotopic (exact) mass is 204 g/mol. The van der Waals surface area contributed by atoms with E-state index in [1.54, 1.807) is 0 Å². The van der Waals surface area contributed by atoms with Crippen molar-refractivity contribution in [2.75, 3.05) is 18.0 Å². The minimum Gasteiger partial charge on any atom is -0.370 e. The van der Waals surface area contributed by atoms with Gasteiger partial charge in [0.25, 0.3) is 0 Å². The Morgan fingerprint density at radius 3 is 2.93 bits per heavy atom. The van der Waals surface area contributed by atoms with E-state index in [1.807, 2.05) is 0 Å². The average molecular weight is 204 g/mol. The molecular weight excluding hydrogens is 184 g/mol. The van der Waals surface area contributed by atoms with Crippen molar-refractivity contribution < 1.29 is 0 Å². The van der Waals surface area contributed by atoms with Gasteiger partial charge in [0.1, 0.15) is 0 Å². The zero-order valence-electron chi connectivity index (χ0n) is 9.45. The minimum absolute atomic E-state index is 0.246. The molecule has 2 rings (SSSR count). The van der Waals surface area contributed by atoms with Crippen molar-refractivity contribution in [2.24, 2.45) is 5.73 Å². The normalized spacial score (nSPS) is 18.1. The molecule has 2 N–H and O–H groups in total. The number of nitrogens with two attached hydrogens (primary N) is 1. The van der Waals surface area contributed by atoms with Gasteiger partial charge < -0.3 is 10.6 Å². The highest BCUT2D eigenvalue weighted by molar-refractivity contribution is 5.54. The summed E-state index contributed by atoms with van der Waals surface area (Å²) in [6, 6.07) is 8.97. The predicted molar refractivity (Wildman–Crippen MR) is 65.2 cm³/mol. The van der Waals surface area contributed by atoms with Crippen molar-refractivity contribution in [3.63, 3.8) is 0 Å². The number of rotatable bonds is 2. The third-order valence-electron chi connectivity index (χ3n) is 2.96. The van der Waals surface area contributed by atoms with E-state index in [1.165, 1.54) is 30.5 Å². The minimum atomic E-state index is 0.246. The molecule has 1 atom stereocenters. The Morgan fingerprint density at radius 2 is 2.13 bits per heavy atom. The molecule has 2 nitrogen and oxygen atoms in total. The Morgan fingerprint density at radius 1 is 1.33 bits per heavy atom. The van der Waals surface area contributed by atoms with Crippen LogP contribution in [0.25, 0.3) is 0 Å². The van der Waals surface area contributed by atoms with E-state index >= 15 is 0 Å². The highest BCUT2D eigenvalue weighted by Gasteiger charge is 2.15. The molecule has 1 aliphatic rings. The van der Waals surface area contributed by atoms with Gasteiger partial charge in [-0.2, -0.15) is 0 Å². The SMILES string of the molecule is CC(N)CN1CCCCc2ccccc21. The maximum Gasteiger partial charge on any atom is 0.0399 e. The number of fused-ring (bicyclic) bond motifs is 1. The standard InChI is InChI=1S/C13H20N2/c1-11(14)10-15-9-5-4-7-12-6-2-3-8-13(12)15/h2-3,6,8,11H,4-5,7,9-10,14H2,1H3. The second-order valence-corrected chi connectivity index (χ2v) is 4.51. The molecule has 2 heteroatoms. The Kier molecular flexibility index (Phi) is 3.27. The van der Waals surface area contributed by atoms with Gasteiger partial charge in [-0.3, -0.25) is 0 Å². The topological polar surface area (TPSA) is 29.3 Å². The van der Waals surface area contributed by atoms with Crippen LogP contribution >= 0.6 is 0 Å². The fourth-order valence-electron chi connectivity index (χ4n) is 2.31. The molecule has 0 spiro atoms. The second-order valence-electron chi connectivity index (χ2n) is 4.51. The molecule has 0 fully saturated rings. The Balaban J connectivity index is 2.24. The largest absolute Gasteiger partial charge is 0.370 e.